The normalized spacial score (nSPS) is 10.0. The molecule has 0 aliphatic rings. The van der Waals surface area contributed by atoms with Gasteiger partial charge in [-0.25, -0.2) is 4.98 Å². The topological polar surface area (TPSA) is 73.1 Å². The van der Waals surface area contributed by atoms with Gasteiger partial charge in [-0.1, -0.05) is 0 Å². The molecule has 2 aromatic heterocycles. The second-order valence-corrected chi connectivity index (χ2v) is 4.09. The van der Waals surface area contributed by atoms with E-state index >= 15 is 0 Å². The first-order chi connectivity index (χ1) is 7.70. The first kappa shape index (κ1) is 10.4. The first-order valence-corrected chi connectivity index (χ1v) is 5.18. The van der Waals surface area contributed by atoms with Gasteiger partial charge in [0.25, 0.3) is 5.69 Å². The zero-order valence-electron chi connectivity index (χ0n) is 7.99. The van der Waals surface area contributed by atoms with Gasteiger partial charge in [-0.2, -0.15) is 0 Å². The number of nitro groups is 1. The van der Waals surface area contributed by atoms with Gasteiger partial charge in [0, 0.05) is 6.07 Å². The quantitative estimate of drug-likeness (QED) is 0.464. The Labute approximate surface area is 94.5 Å². The Morgan fingerprint density at radius 3 is 2.62 bits per heavy atom. The smallest absolute Gasteiger partial charge is 0.287 e. The van der Waals surface area contributed by atoms with Gasteiger partial charge in [0.05, 0.1) is 20.4 Å². The molecular weight excluding hydrogens is 228 g/mol. The summed E-state index contributed by atoms with van der Waals surface area (Å²) in [6.07, 6.45) is 1.97. The van der Waals surface area contributed by atoms with E-state index in [9.17, 15) is 14.9 Å². The summed E-state index contributed by atoms with van der Waals surface area (Å²) >= 11 is 1.30. The van der Waals surface area contributed by atoms with Gasteiger partial charge in [-0.05, 0) is 18.2 Å². The van der Waals surface area contributed by atoms with E-state index in [0.29, 0.717) is 10.6 Å². The maximum atomic E-state index is 10.5. The lowest BCUT2D eigenvalue weighted by atomic mass is 10.3. The molecule has 2 heterocycles. The van der Waals surface area contributed by atoms with Gasteiger partial charge in [0.2, 0.25) is 0 Å². The molecule has 2 aromatic rings. The lowest BCUT2D eigenvalue weighted by Crippen LogP contribution is -1.89. The molecule has 0 N–H and O–H groups in total. The van der Waals surface area contributed by atoms with E-state index in [2.05, 4.69) is 4.98 Å². The summed E-state index contributed by atoms with van der Waals surface area (Å²) < 4.78 is 0. The van der Waals surface area contributed by atoms with Crippen LogP contribution < -0.4 is 0 Å². The van der Waals surface area contributed by atoms with E-state index < -0.39 is 4.92 Å². The Bertz CT molecular complexity index is 533. The number of hydrogen-bond acceptors (Lipinski definition) is 5. The Kier molecular flexibility index (Phi) is 2.74. The molecule has 6 heteroatoms. The molecule has 0 bridgehead atoms. The van der Waals surface area contributed by atoms with E-state index in [-0.39, 0.29) is 5.69 Å². The van der Waals surface area contributed by atoms with Crippen molar-refractivity contribution in [1.82, 2.24) is 4.98 Å². The minimum atomic E-state index is -0.498. The van der Waals surface area contributed by atoms with Crippen LogP contribution in [0.4, 0.5) is 5.69 Å². The zero-order valence-corrected chi connectivity index (χ0v) is 8.81. The number of aromatic nitrogens is 1. The highest BCUT2D eigenvalue weighted by Crippen LogP contribution is 2.26. The summed E-state index contributed by atoms with van der Waals surface area (Å²) in [5.74, 6) is 0. The molecule has 80 valence electrons. The average Bonchev–Trinajstić information content (AvgIpc) is 2.77. The summed E-state index contributed by atoms with van der Waals surface area (Å²) in [5, 5.41) is 10.4. The van der Waals surface area contributed by atoms with Gasteiger partial charge in [0.1, 0.15) is 6.20 Å². The predicted molar refractivity (Wildman–Crippen MR) is 59.6 cm³/mol. The molecular formula is C10H6N2O3S. The van der Waals surface area contributed by atoms with E-state index in [1.54, 1.807) is 18.2 Å². The standard InChI is InChI=1S/C10H6N2O3S/c13-6-8-2-4-10(16-8)9-3-1-7(5-11-9)12(14)15/h1-6H. The SMILES string of the molecule is O=Cc1ccc(-c2ccc([N+](=O)[O-])cn2)s1. The molecule has 0 saturated heterocycles. The maximum Gasteiger partial charge on any atom is 0.287 e. The number of pyridine rings is 1. The average molecular weight is 234 g/mol. The summed E-state index contributed by atoms with van der Waals surface area (Å²) in [6.45, 7) is 0. The van der Waals surface area contributed by atoms with E-state index in [4.69, 9.17) is 0 Å². The number of rotatable bonds is 3. The third-order valence-electron chi connectivity index (χ3n) is 1.95. The number of carbonyl (C=O) groups excluding carboxylic acids is 1. The van der Waals surface area contributed by atoms with Crippen LogP contribution in [0.15, 0.2) is 30.5 Å². The van der Waals surface area contributed by atoms with Crippen molar-refractivity contribution >= 4 is 23.3 Å². The Morgan fingerprint density at radius 1 is 1.31 bits per heavy atom. The molecule has 0 fully saturated rings. The number of nitrogens with zero attached hydrogens (tertiary/aromatic N) is 2. The van der Waals surface area contributed by atoms with Crippen LogP contribution in [0.3, 0.4) is 0 Å². The Balaban J connectivity index is 2.34. The van der Waals surface area contributed by atoms with Crippen LogP contribution in [0.1, 0.15) is 9.67 Å². The minimum absolute atomic E-state index is 0.0454. The molecule has 2 rings (SSSR count). The molecule has 0 unspecified atom stereocenters. The van der Waals surface area contributed by atoms with Gasteiger partial charge in [-0.15, -0.1) is 11.3 Å². The highest BCUT2D eigenvalue weighted by Gasteiger charge is 2.08. The van der Waals surface area contributed by atoms with E-state index in [0.717, 1.165) is 11.2 Å². The molecule has 0 radical (unpaired) electrons. The van der Waals surface area contributed by atoms with Crippen LogP contribution in [0.25, 0.3) is 10.6 Å². The Hall–Kier alpha value is -2.08. The Morgan fingerprint density at radius 2 is 2.12 bits per heavy atom. The van der Waals surface area contributed by atoms with Gasteiger partial charge >= 0.3 is 0 Å². The van der Waals surface area contributed by atoms with Crippen molar-refractivity contribution in [3.05, 3.63) is 45.5 Å². The maximum absolute atomic E-state index is 10.5. The van der Waals surface area contributed by atoms with Crippen molar-refractivity contribution in [2.75, 3.05) is 0 Å². The van der Waals surface area contributed by atoms with Gasteiger partial charge in [0.15, 0.2) is 6.29 Å². The molecule has 0 saturated carbocycles. The molecule has 0 spiro atoms. The third-order valence-corrected chi connectivity index (χ3v) is 2.99. The minimum Gasteiger partial charge on any atom is -0.297 e. The third kappa shape index (κ3) is 1.96. The van der Waals surface area contributed by atoms with E-state index in [1.165, 1.54) is 23.6 Å². The summed E-state index contributed by atoms with van der Waals surface area (Å²) in [4.78, 5) is 25.8. The highest BCUT2D eigenvalue weighted by molar-refractivity contribution is 7.17. The number of thiophene rings is 1. The van der Waals surface area contributed by atoms with Crippen LogP contribution >= 0.6 is 11.3 Å². The van der Waals surface area contributed by atoms with Crippen LogP contribution in [-0.4, -0.2) is 16.2 Å². The van der Waals surface area contributed by atoms with Crippen molar-refractivity contribution < 1.29 is 9.72 Å². The molecule has 16 heavy (non-hydrogen) atoms. The second kappa shape index (κ2) is 4.19. The fourth-order valence-electron chi connectivity index (χ4n) is 1.19. The van der Waals surface area contributed by atoms with Crippen LogP contribution in [0.2, 0.25) is 0 Å². The van der Waals surface area contributed by atoms with Crippen LogP contribution in [-0.2, 0) is 0 Å². The molecule has 0 aliphatic carbocycles. The monoisotopic (exact) mass is 234 g/mol. The lowest BCUT2D eigenvalue weighted by Gasteiger charge is -1.95. The number of hydrogen-bond donors (Lipinski definition) is 0. The van der Waals surface area contributed by atoms with Crippen molar-refractivity contribution in [1.29, 1.82) is 0 Å². The largest absolute Gasteiger partial charge is 0.297 e. The number of carbonyl (C=O) groups is 1. The highest BCUT2D eigenvalue weighted by atomic mass is 32.1. The van der Waals surface area contributed by atoms with Crippen molar-refractivity contribution in [3.8, 4) is 10.6 Å². The fourth-order valence-corrected chi connectivity index (χ4v) is 1.99. The molecule has 0 amide bonds. The van der Waals surface area contributed by atoms with Crippen LogP contribution in [0.5, 0.6) is 0 Å². The summed E-state index contributed by atoms with van der Waals surface area (Å²) in [7, 11) is 0. The van der Waals surface area contributed by atoms with Crippen molar-refractivity contribution in [2.45, 2.75) is 0 Å². The fraction of sp³-hybridized carbons (Fsp3) is 0. The van der Waals surface area contributed by atoms with Gasteiger partial charge in [-0.3, -0.25) is 14.9 Å². The second-order valence-electron chi connectivity index (χ2n) is 2.98. The predicted octanol–water partition coefficient (Wildman–Crippen LogP) is 2.53. The first-order valence-electron chi connectivity index (χ1n) is 4.36. The van der Waals surface area contributed by atoms with Gasteiger partial charge < -0.3 is 0 Å². The summed E-state index contributed by atoms with van der Waals surface area (Å²) in [5.41, 5.74) is 0.583. The van der Waals surface area contributed by atoms with Crippen LogP contribution in [0, 0.1) is 10.1 Å². The molecule has 0 aromatic carbocycles. The van der Waals surface area contributed by atoms with Crippen molar-refractivity contribution in [2.24, 2.45) is 0 Å². The van der Waals surface area contributed by atoms with E-state index in [1.807, 2.05) is 0 Å². The molecule has 5 nitrogen and oxygen atoms in total. The molecule has 0 aliphatic heterocycles. The lowest BCUT2D eigenvalue weighted by molar-refractivity contribution is -0.385. The molecule has 0 atom stereocenters. The zero-order chi connectivity index (χ0) is 11.5. The van der Waals surface area contributed by atoms with Crippen molar-refractivity contribution in [3.63, 3.8) is 0 Å². The number of aldehydes is 1. The summed E-state index contributed by atoms with van der Waals surface area (Å²) in [6, 6.07) is 6.42.